The van der Waals surface area contributed by atoms with Crippen molar-refractivity contribution in [2.45, 2.75) is 45.4 Å². The van der Waals surface area contributed by atoms with Crippen LogP contribution in [0.15, 0.2) is 11.1 Å². The van der Waals surface area contributed by atoms with E-state index in [4.69, 9.17) is 4.74 Å². The highest BCUT2D eigenvalue weighted by Gasteiger charge is 2.58. The van der Waals surface area contributed by atoms with Crippen LogP contribution < -0.4 is 0 Å². The number of methoxy groups -OCH3 is 1. The second kappa shape index (κ2) is 4.15. The van der Waals surface area contributed by atoms with Gasteiger partial charge < -0.3 is 4.74 Å². The molecule has 0 spiro atoms. The van der Waals surface area contributed by atoms with E-state index in [-0.39, 0.29) is 5.97 Å². The fraction of sp³-hybridized carbons (Fsp3) is 0.800. The highest BCUT2D eigenvalue weighted by Crippen LogP contribution is 2.64. The molecule has 0 unspecified atom stereocenters. The highest BCUT2D eigenvalue weighted by molar-refractivity contribution is 5.92. The zero-order chi connectivity index (χ0) is 12.0. The van der Waals surface area contributed by atoms with Gasteiger partial charge in [-0.25, -0.2) is 4.79 Å². The molecule has 2 heteroatoms. The molecule has 17 heavy (non-hydrogen) atoms. The third kappa shape index (κ3) is 1.49. The zero-order valence-corrected chi connectivity index (χ0v) is 10.9. The summed E-state index contributed by atoms with van der Waals surface area (Å²) >= 11 is 0. The normalized spacial score (nSPS) is 38.0. The van der Waals surface area contributed by atoms with Crippen molar-refractivity contribution >= 4 is 5.97 Å². The van der Waals surface area contributed by atoms with E-state index in [1.165, 1.54) is 44.8 Å². The van der Waals surface area contributed by atoms with Crippen molar-refractivity contribution in [3.63, 3.8) is 0 Å². The molecule has 4 atom stereocenters. The summed E-state index contributed by atoms with van der Waals surface area (Å²) in [5, 5.41) is 0. The van der Waals surface area contributed by atoms with Crippen molar-refractivity contribution in [1.82, 2.24) is 0 Å². The van der Waals surface area contributed by atoms with Gasteiger partial charge in [0, 0.05) is 11.5 Å². The fourth-order valence-electron chi connectivity index (χ4n) is 4.55. The Morgan fingerprint density at radius 1 is 1.29 bits per heavy atom. The predicted octanol–water partition coefficient (Wildman–Crippen LogP) is 3.32. The lowest BCUT2D eigenvalue weighted by atomic mass is 9.60. The van der Waals surface area contributed by atoms with E-state index < -0.39 is 0 Å². The summed E-state index contributed by atoms with van der Waals surface area (Å²) in [6.45, 7) is 2.22. The average Bonchev–Trinajstić information content (AvgIpc) is 2.87. The third-order valence-corrected chi connectivity index (χ3v) is 5.20. The first-order valence-corrected chi connectivity index (χ1v) is 7.09. The largest absolute Gasteiger partial charge is 0.466 e. The number of ether oxygens (including phenoxy) is 1. The molecule has 2 fully saturated rings. The maximum Gasteiger partial charge on any atom is 0.334 e. The van der Waals surface area contributed by atoms with Crippen molar-refractivity contribution in [3.05, 3.63) is 11.1 Å². The topological polar surface area (TPSA) is 26.3 Å². The van der Waals surface area contributed by atoms with Crippen LogP contribution in [0, 0.1) is 23.7 Å². The van der Waals surface area contributed by atoms with Gasteiger partial charge in [0.05, 0.1) is 7.11 Å². The average molecular weight is 234 g/mol. The van der Waals surface area contributed by atoms with Gasteiger partial charge in [0.1, 0.15) is 0 Å². The highest BCUT2D eigenvalue weighted by atomic mass is 16.5. The van der Waals surface area contributed by atoms with Crippen molar-refractivity contribution in [2.75, 3.05) is 7.11 Å². The van der Waals surface area contributed by atoms with E-state index in [9.17, 15) is 4.79 Å². The molecule has 2 saturated carbocycles. The van der Waals surface area contributed by atoms with Crippen LogP contribution in [0.2, 0.25) is 0 Å². The lowest BCUT2D eigenvalue weighted by Gasteiger charge is -2.44. The van der Waals surface area contributed by atoms with Crippen LogP contribution in [0.4, 0.5) is 0 Å². The molecule has 3 rings (SSSR count). The van der Waals surface area contributed by atoms with E-state index in [1.54, 1.807) is 0 Å². The maximum absolute atomic E-state index is 11.9. The number of allylic oxidation sites excluding steroid dienone is 1. The summed E-state index contributed by atoms with van der Waals surface area (Å²) in [5.74, 6) is 2.99. The zero-order valence-electron chi connectivity index (χ0n) is 10.9. The molecule has 2 nitrogen and oxygen atoms in total. The van der Waals surface area contributed by atoms with Crippen LogP contribution >= 0.6 is 0 Å². The minimum Gasteiger partial charge on any atom is -0.466 e. The van der Waals surface area contributed by atoms with Gasteiger partial charge in [-0.2, -0.15) is 0 Å². The lowest BCUT2D eigenvalue weighted by Crippen LogP contribution is -2.39. The number of fused-ring (bicyclic) bond motifs is 5. The van der Waals surface area contributed by atoms with Gasteiger partial charge in [-0.1, -0.05) is 18.9 Å². The van der Waals surface area contributed by atoms with Gasteiger partial charge >= 0.3 is 5.97 Å². The summed E-state index contributed by atoms with van der Waals surface area (Å²) in [4.78, 5) is 11.9. The van der Waals surface area contributed by atoms with Crippen LogP contribution in [0.5, 0.6) is 0 Å². The van der Waals surface area contributed by atoms with E-state index in [0.717, 1.165) is 29.7 Å². The summed E-state index contributed by atoms with van der Waals surface area (Å²) in [5.41, 5.74) is 2.55. The standard InChI is InChI=1S/C15H22O2/c1-3-4-5-11-12-9-6-7-10(8-9)13(12)14(11)15(16)17-2/h9-10,12-13H,3-8H2,1-2H3/t9-,10+,12-,13-/m0/s1. The van der Waals surface area contributed by atoms with Crippen molar-refractivity contribution < 1.29 is 9.53 Å². The predicted molar refractivity (Wildman–Crippen MR) is 66.4 cm³/mol. The minimum absolute atomic E-state index is 0.0371. The molecule has 0 aromatic heterocycles. The number of unbranched alkanes of at least 4 members (excludes halogenated alkanes) is 1. The molecule has 0 radical (unpaired) electrons. The second-order valence-corrected chi connectivity index (χ2v) is 5.92. The van der Waals surface area contributed by atoms with Gasteiger partial charge in [0.2, 0.25) is 0 Å². The molecular formula is C15H22O2. The summed E-state index contributed by atoms with van der Waals surface area (Å²) < 4.78 is 4.98. The molecule has 3 aliphatic carbocycles. The number of hydrogen-bond donors (Lipinski definition) is 0. The van der Waals surface area contributed by atoms with Crippen molar-refractivity contribution in [3.8, 4) is 0 Å². The Labute approximate surface area is 103 Å². The summed E-state index contributed by atoms with van der Waals surface area (Å²) in [6, 6.07) is 0. The number of hydrogen-bond acceptors (Lipinski definition) is 2. The van der Waals surface area contributed by atoms with Gasteiger partial charge in [-0.3, -0.25) is 0 Å². The van der Waals surface area contributed by atoms with Crippen molar-refractivity contribution in [1.29, 1.82) is 0 Å². The molecule has 0 aromatic carbocycles. The number of rotatable bonds is 4. The third-order valence-electron chi connectivity index (χ3n) is 5.20. The Balaban J connectivity index is 1.86. The van der Waals surface area contributed by atoms with Crippen molar-refractivity contribution in [2.24, 2.45) is 23.7 Å². The Morgan fingerprint density at radius 3 is 2.65 bits per heavy atom. The SMILES string of the molecule is CCCCC1=C(C(=O)OC)[C@H]2[C@@H]3CC[C@@H](C3)[C@@H]12. The minimum atomic E-state index is -0.0371. The van der Waals surface area contributed by atoms with Crippen LogP contribution in [0.1, 0.15) is 45.4 Å². The molecule has 0 amide bonds. The van der Waals surface area contributed by atoms with Gasteiger partial charge in [0.25, 0.3) is 0 Å². The smallest absolute Gasteiger partial charge is 0.334 e. The first kappa shape index (κ1) is 11.3. The van der Waals surface area contributed by atoms with Crippen LogP contribution in [0.25, 0.3) is 0 Å². The Morgan fingerprint density at radius 2 is 2.00 bits per heavy atom. The fourth-order valence-corrected chi connectivity index (χ4v) is 4.55. The molecule has 94 valence electrons. The Bertz CT molecular complexity index is 369. The first-order chi connectivity index (χ1) is 8.27. The molecule has 0 aromatic rings. The molecule has 0 N–H and O–H groups in total. The van der Waals surface area contributed by atoms with Gasteiger partial charge in [0.15, 0.2) is 0 Å². The van der Waals surface area contributed by atoms with Crippen LogP contribution in [0.3, 0.4) is 0 Å². The number of carbonyl (C=O) groups excluding carboxylic acids is 1. The van der Waals surface area contributed by atoms with E-state index in [1.807, 2.05) is 0 Å². The van der Waals surface area contributed by atoms with Gasteiger partial charge in [-0.05, 0) is 49.9 Å². The monoisotopic (exact) mass is 234 g/mol. The molecule has 0 saturated heterocycles. The van der Waals surface area contributed by atoms with Crippen LogP contribution in [-0.2, 0) is 9.53 Å². The molecular weight excluding hydrogens is 212 g/mol. The molecule has 0 heterocycles. The first-order valence-electron chi connectivity index (χ1n) is 7.09. The Hall–Kier alpha value is -0.790. The Kier molecular flexibility index (Phi) is 2.76. The molecule has 3 aliphatic rings. The summed E-state index contributed by atoms with van der Waals surface area (Å²) in [7, 11) is 1.52. The second-order valence-electron chi connectivity index (χ2n) is 5.92. The van der Waals surface area contributed by atoms with Gasteiger partial charge in [-0.15, -0.1) is 0 Å². The quantitative estimate of drug-likeness (QED) is 0.697. The summed E-state index contributed by atoms with van der Waals surface area (Å²) in [6.07, 6.45) is 7.67. The number of carbonyl (C=O) groups is 1. The van der Waals surface area contributed by atoms with Crippen LogP contribution in [-0.4, -0.2) is 13.1 Å². The lowest BCUT2D eigenvalue weighted by molar-refractivity contribution is -0.138. The molecule has 0 aliphatic heterocycles. The van der Waals surface area contributed by atoms with E-state index >= 15 is 0 Å². The van der Waals surface area contributed by atoms with E-state index in [0.29, 0.717) is 5.92 Å². The molecule has 2 bridgehead atoms. The number of esters is 1. The maximum atomic E-state index is 11.9. The van der Waals surface area contributed by atoms with E-state index in [2.05, 4.69) is 6.92 Å².